The minimum atomic E-state index is -0.00775. The van der Waals surface area contributed by atoms with Crippen molar-refractivity contribution in [2.75, 3.05) is 46.9 Å². The Kier molecular flexibility index (Phi) is 3.47. The van der Waals surface area contributed by atoms with Gasteiger partial charge in [0.15, 0.2) is 0 Å². The SMILES string of the molecule is CC1NCN(CC2CN(C)CCN2C)C1=O. The summed E-state index contributed by atoms with van der Waals surface area (Å²) in [5.74, 6) is 0.238. The van der Waals surface area contributed by atoms with Crippen LogP contribution in [0.2, 0.25) is 0 Å². The predicted octanol–water partition coefficient (Wildman–Crippen LogP) is -0.990. The fraction of sp³-hybridized carbons (Fsp3) is 0.909. The standard InChI is InChI=1S/C11H22N4O/c1-9-11(16)15(8-12-9)7-10-6-13(2)4-5-14(10)3/h9-10,12H,4-8H2,1-3H3. The van der Waals surface area contributed by atoms with Crippen molar-refractivity contribution >= 4 is 5.91 Å². The number of carbonyl (C=O) groups excluding carboxylic acids is 1. The molecule has 0 aromatic heterocycles. The van der Waals surface area contributed by atoms with Crippen molar-refractivity contribution in [3.8, 4) is 0 Å². The largest absolute Gasteiger partial charge is 0.327 e. The first-order chi connectivity index (χ1) is 7.58. The van der Waals surface area contributed by atoms with E-state index >= 15 is 0 Å². The number of rotatable bonds is 2. The van der Waals surface area contributed by atoms with Crippen LogP contribution in [0.4, 0.5) is 0 Å². The van der Waals surface area contributed by atoms with Gasteiger partial charge in [0.2, 0.25) is 5.91 Å². The second-order valence-electron chi connectivity index (χ2n) is 5.04. The molecule has 0 aliphatic carbocycles. The van der Waals surface area contributed by atoms with Crippen LogP contribution in [0.1, 0.15) is 6.92 Å². The first kappa shape index (κ1) is 11.8. The number of carbonyl (C=O) groups is 1. The van der Waals surface area contributed by atoms with Crippen molar-refractivity contribution in [1.82, 2.24) is 20.0 Å². The average molecular weight is 226 g/mol. The highest BCUT2D eigenvalue weighted by molar-refractivity contribution is 5.83. The molecule has 2 aliphatic heterocycles. The van der Waals surface area contributed by atoms with Crippen LogP contribution in [0.25, 0.3) is 0 Å². The van der Waals surface area contributed by atoms with Gasteiger partial charge in [-0.25, -0.2) is 0 Å². The summed E-state index contributed by atoms with van der Waals surface area (Å²) in [5, 5.41) is 3.18. The topological polar surface area (TPSA) is 38.8 Å². The number of hydrogen-bond acceptors (Lipinski definition) is 4. The van der Waals surface area contributed by atoms with Gasteiger partial charge in [0.1, 0.15) is 0 Å². The highest BCUT2D eigenvalue weighted by atomic mass is 16.2. The van der Waals surface area contributed by atoms with Gasteiger partial charge in [-0.2, -0.15) is 0 Å². The molecular weight excluding hydrogens is 204 g/mol. The third-order valence-electron chi connectivity index (χ3n) is 3.68. The molecule has 2 rings (SSSR count). The predicted molar refractivity (Wildman–Crippen MR) is 63.1 cm³/mol. The molecule has 5 nitrogen and oxygen atoms in total. The summed E-state index contributed by atoms with van der Waals surface area (Å²) in [7, 11) is 4.29. The Morgan fingerprint density at radius 1 is 1.38 bits per heavy atom. The van der Waals surface area contributed by atoms with Crippen molar-refractivity contribution in [1.29, 1.82) is 0 Å². The van der Waals surface area contributed by atoms with Gasteiger partial charge in [-0.3, -0.25) is 15.0 Å². The van der Waals surface area contributed by atoms with E-state index in [1.54, 1.807) is 0 Å². The molecular formula is C11H22N4O. The van der Waals surface area contributed by atoms with Crippen LogP contribution in [0.5, 0.6) is 0 Å². The Morgan fingerprint density at radius 3 is 2.75 bits per heavy atom. The van der Waals surface area contributed by atoms with Gasteiger partial charge in [-0.1, -0.05) is 0 Å². The van der Waals surface area contributed by atoms with E-state index in [-0.39, 0.29) is 11.9 Å². The molecule has 0 bridgehead atoms. The zero-order valence-electron chi connectivity index (χ0n) is 10.4. The molecule has 92 valence electrons. The van der Waals surface area contributed by atoms with Crippen molar-refractivity contribution < 1.29 is 4.79 Å². The lowest BCUT2D eigenvalue weighted by molar-refractivity contribution is -0.129. The van der Waals surface area contributed by atoms with Crippen LogP contribution in [0, 0.1) is 0 Å². The third-order valence-corrected chi connectivity index (χ3v) is 3.68. The highest BCUT2D eigenvalue weighted by Gasteiger charge is 2.31. The zero-order valence-corrected chi connectivity index (χ0v) is 10.4. The van der Waals surface area contributed by atoms with Gasteiger partial charge in [-0.15, -0.1) is 0 Å². The molecule has 0 saturated carbocycles. The third kappa shape index (κ3) is 2.36. The van der Waals surface area contributed by atoms with Gasteiger partial charge in [0, 0.05) is 32.2 Å². The number of nitrogens with zero attached hydrogens (tertiary/aromatic N) is 3. The molecule has 1 amide bonds. The molecule has 16 heavy (non-hydrogen) atoms. The van der Waals surface area contributed by atoms with Crippen LogP contribution in [-0.2, 0) is 4.79 Å². The maximum Gasteiger partial charge on any atom is 0.240 e. The molecule has 2 saturated heterocycles. The normalized spacial score (nSPS) is 33.7. The zero-order chi connectivity index (χ0) is 11.7. The van der Waals surface area contributed by atoms with E-state index in [4.69, 9.17) is 0 Å². The smallest absolute Gasteiger partial charge is 0.240 e. The molecule has 5 heteroatoms. The van der Waals surface area contributed by atoms with Gasteiger partial charge >= 0.3 is 0 Å². The van der Waals surface area contributed by atoms with Crippen molar-refractivity contribution in [2.45, 2.75) is 19.0 Å². The Bertz CT molecular complexity index is 271. The first-order valence-corrected chi connectivity index (χ1v) is 5.99. The van der Waals surface area contributed by atoms with Crippen LogP contribution in [0.15, 0.2) is 0 Å². The molecule has 2 atom stereocenters. The summed E-state index contributed by atoms with van der Waals surface area (Å²) in [6, 6.07) is 0.460. The quantitative estimate of drug-likeness (QED) is 0.656. The van der Waals surface area contributed by atoms with E-state index in [9.17, 15) is 4.79 Å². The second-order valence-corrected chi connectivity index (χ2v) is 5.04. The van der Waals surface area contributed by atoms with Gasteiger partial charge in [-0.05, 0) is 21.0 Å². The maximum absolute atomic E-state index is 11.8. The lowest BCUT2D eigenvalue weighted by Crippen LogP contribution is -2.54. The molecule has 1 N–H and O–H groups in total. The number of piperazine rings is 1. The number of hydrogen-bond donors (Lipinski definition) is 1. The van der Waals surface area contributed by atoms with Crippen molar-refractivity contribution in [2.24, 2.45) is 0 Å². The summed E-state index contributed by atoms with van der Waals surface area (Å²) in [6.45, 7) is 6.74. The monoisotopic (exact) mass is 226 g/mol. The van der Waals surface area contributed by atoms with Crippen molar-refractivity contribution in [3.05, 3.63) is 0 Å². The first-order valence-electron chi connectivity index (χ1n) is 5.99. The average Bonchev–Trinajstić information content (AvgIpc) is 2.55. The van der Waals surface area contributed by atoms with E-state index in [2.05, 4.69) is 29.2 Å². The number of amides is 1. The molecule has 2 fully saturated rings. The Balaban J connectivity index is 1.91. The van der Waals surface area contributed by atoms with Gasteiger partial charge in [0.25, 0.3) is 0 Å². The molecule has 0 spiro atoms. The molecule has 2 aliphatic rings. The van der Waals surface area contributed by atoms with Crippen LogP contribution in [0.3, 0.4) is 0 Å². The summed E-state index contributed by atoms with van der Waals surface area (Å²) in [4.78, 5) is 18.4. The Morgan fingerprint density at radius 2 is 2.12 bits per heavy atom. The van der Waals surface area contributed by atoms with Crippen LogP contribution >= 0.6 is 0 Å². The van der Waals surface area contributed by atoms with E-state index in [1.807, 2.05) is 11.8 Å². The molecule has 2 unspecified atom stereocenters. The molecule has 0 radical (unpaired) electrons. The minimum Gasteiger partial charge on any atom is -0.327 e. The number of likely N-dealkylation sites (N-methyl/N-ethyl adjacent to an activating group) is 2. The lowest BCUT2D eigenvalue weighted by Gasteiger charge is -2.39. The molecule has 0 aromatic carbocycles. The van der Waals surface area contributed by atoms with E-state index < -0.39 is 0 Å². The number of nitrogens with one attached hydrogen (secondary N) is 1. The van der Waals surface area contributed by atoms with Crippen molar-refractivity contribution in [3.63, 3.8) is 0 Å². The lowest BCUT2D eigenvalue weighted by atomic mass is 10.1. The fourth-order valence-corrected chi connectivity index (χ4v) is 2.39. The summed E-state index contributed by atoms with van der Waals surface area (Å²) in [6.07, 6.45) is 0. The summed E-state index contributed by atoms with van der Waals surface area (Å²) >= 11 is 0. The summed E-state index contributed by atoms with van der Waals surface area (Å²) < 4.78 is 0. The second kappa shape index (κ2) is 4.69. The van der Waals surface area contributed by atoms with E-state index in [0.717, 1.165) is 26.2 Å². The Labute approximate surface area is 97.4 Å². The summed E-state index contributed by atoms with van der Waals surface area (Å²) in [5.41, 5.74) is 0. The fourth-order valence-electron chi connectivity index (χ4n) is 2.39. The van der Waals surface area contributed by atoms with E-state index in [0.29, 0.717) is 12.7 Å². The molecule has 2 heterocycles. The highest BCUT2D eigenvalue weighted by Crippen LogP contribution is 2.10. The maximum atomic E-state index is 11.8. The van der Waals surface area contributed by atoms with Gasteiger partial charge < -0.3 is 9.80 Å². The minimum absolute atomic E-state index is 0.00775. The molecule has 0 aromatic rings. The van der Waals surface area contributed by atoms with Crippen LogP contribution in [-0.4, -0.2) is 79.6 Å². The van der Waals surface area contributed by atoms with Crippen LogP contribution < -0.4 is 5.32 Å². The van der Waals surface area contributed by atoms with Gasteiger partial charge in [0.05, 0.1) is 12.7 Å². The van der Waals surface area contributed by atoms with E-state index in [1.165, 1.54) is 0 Å². The Hall–Kier alpha value is -0.650.